The largest absolute Gasteiger partial charge is 0.488 e. The predicted octanol–water partition coefficient (Wildman–Crippen LogP) is 2.59. The van der Waals surface area contributed by atoms with E-state index >= 15 is 0 Å². The van der Waals surface area contributed by atoms with Crippen molar-refractivity contribution < 1.29 is 19.4 Å². The fraction of sp³-hybridized carbons (Fsp3) is 0.222. The summed E-state index contributed by atoms with van der Waals surface area (Å²) in [5.74, 6) is -0.469. The molecule has 0 spiro atoms. The molecule has 3 heterocycles. The Morgan fingerprint density at radius 2 is 2.08 bits per heavy atom. The number of nitrogens with zero attached hydrogens (tertiary/aromatic N) is 3. The van der Waals surface area contributed by atoms with Crippen molar-refractivity contribution in [2.24, 2.45) is 0 Å². The number of Topliss-reactive ketones (excluding diaryl/α,β-unsaturated/α-hetero) is 1. The molecule has 7 heteroatoms. The first kappa shape index (κ1) is 15.3. The number of carbonyl (C=O) groups is 2. The van der Waals surface area contributed by atoms with Gasteiger partial charge in [-0.15, -0.1) is 0 Å². The fourth-order valence-electron chi connectivity index (χ4n) is 3.15. The lowest BCUT2D eigenvalue weighted by Crippen LogP contribution is -2.11. The second-order valence-electron chi connectivity index (χ2n) is 6.09. The number of aliphatic carboxylic acids is 1. The lowest BCUT2D eigenvalue weighted by Gasteiger charge is -2.21. The molecule has 3 aromatic rings. The van der Waals surface area contributed by atoms with Gasteiger partial charge in [0.2, 0.25) is 0 Å². The first-order chi connectivity index (χ1) is 11.9. The normalized spacial score (nSPS) is 12.4. The van der Waals surface area contributed by atoms with Crippen LogP contribution in [-0.2, 0) is 17.9 Å². The maximum absolute atomic E-state index is 12.0. The molecule has 7 nitrogen and oxygen atoms in total. The number of aryl methyl sites for hydroxylation is 1. The molecule has 0 amide bonds. The predicted molar refractivity (Wildman–Crippen MR) is 89.7 cm³/mol. The molecule has 0 unspecified atom stereocenters. The number of carboxylic acid groups (broad SMARTS) is 1. The number of benzene rings is 1. The van der Waals surface area contributed by atoms with Crippen LogP contribution in [0.2, 0.25) is 0 Å². The van der Waals surface area contributed by atoms with Gasteiger partial charge in [-0.3, -0.25) is 19.3 Å². The van der Waals surface area contributed by atoms with E-state index in [-0.39, 0.29) is 18.0 Å². The Hall–Kier alpha value is -3.22. The van der Waals surface area contributed by atoms with Crippen LogP contribution in [0.3, 0.4) is 0 Å². The highest BCUT2D eigenvalue weighted by Crippen LogP contribution is 2.39. The number of pyridine rings is 1. The molecule has 1 aliphatic heterocycles. The fourth-order valence-corrected chi connectivity index (χ4v) is 3.15. The summed E-state index contributed by atoms with van der Waals surface area (Å²) < 4.78 is 7.15. The molecule has 4 rings (SSSR count). The van der Waals surface area contributed by atoms with Gasteiger partial charge in [-0.05, 0) is 30.2 Å². The average Bonchev–Trinajstić information content (AvgIpc) is 2.90. The average molecular weight is 337 g/mol. The van der Waals surface area contributed by atoms with Gasteiger partial charge in [0.05, 0.1) is 5.52 Å². The molecule has 0 saturated heterocycles. The Labute approximate surface area is 142 Å². The molecular formula is C18H15N3O4. The maximum Gasteiger partial charge on any atom is 0.325 e. The van der Waals surface area contributed by atoms with Crippen molar-refractivity contribution >= 4 is 22.7 Å². The number of rotatable bonds is 3. The summed E-state index contributed by atoms with van der Waals surface area (Å²) in [6, 6.07) is 5.60. The summed E-state index contributed by atoms with van der Waals surface area (Å²) in [5.41, 5.74) is 4.44. The minimum absolute atomic E-state index is 0.205. The zero-order valence-electron chi connectivity index (χ0n) is 13.7. The SMILES string of the molecule is CC(=O)c1nn(CC(=O)O)c2cc3c(cc12)-c1cnc(C)cc1OC3. The minimum Gasteiger partial charge on any atom is -0.488 e. The molecule has 2 aromatic heterocycles. The third-order valence-electron chi connectivity index (χ3n) is 4.27. The molecule has 1 aromatic carbocycles. The second-order valence-corrected chi connectivity index (χ2v) is 6.09. The highest BCUT2D eigenvalue weighted by Gasteiger charge is 2.23. The molecule has 0 radical (unpaired) electrons. The van der Waals surface area contributed by atoms with E-state index < -0.39 is 5.97 Å². The van der Waals surface area contributed by atoms with E-state index in [9.17, 15) is 9.59 Å². The topological polar surface area (TPSA) is 94.3 Å². The number of ether oxygens (including phenoxy) is 1. The lowest BCUT2D eigenvalue weighted by atomic mass is 9.95. The minimum atomic E-state index is -1.02. The molecule has 0 aliphatic carbocycles. The zero-order valence-corrected chi connectivity index (χ0v) is 13.7. The Balaban J connectivity index is 1.99. The molecule has 0 atom stereocenters. The molecule has 25 heavy (non-hydrogen) atoms. The van der Waals surface area contributed by atoms with Crippen LogP contribution >= 0.6 is 0 Å². The molecule has 0 saturated carbocycles. The smallest absolute Gasteiger partial charge is 0.325 e. The molecule has 1 N–H and O–H groups in total. The first-order valence-corrected chi connectivity index (χ1v) is 7.80. The van der Waals surface area contributed by atoms with E-state index in [1.807, 2.05) is 25.1 Å². The van der Waals surface area contributed by atoms with E-state index in [1.165, 1.54) is 11.6 Å². The summed E-state index contributed by atoms with van der Waals surface area (Å²) in [6.07, 6.45) is 1.75. The Morgan fingerprint density at radius 1 is 1.28 bits per heavy atom. The van der Waals surface area contributed by atoms with Gasteiger partial charge in [0, 0.05) is 35.8 Å². The van der Waals surface area contributed by atoms with Crippen LogP contribution in [0.1, 0.15) is 28.7 Å². The third-order valence-corrected chi connectivity index (χ3v) is 4.27. The van der Waals surface area contributed by atoms with Gasteiger partial charge >= 0.3 is 5.97 Å². The molecular weight excluding hydrogens is 322 g/mol. The van der Waals surface area contributed by atoms with E-state index in [4.69, 9.17) is 9.84 Å². The highest BCUT2D eigenvalue weighted by molar-refractivity contribution is 6.06. The van der Waals surface area contributed by atoms with Gasteiger partial charge in [0.15, 0.2) is 5.78 Å². The van der Waals surface area contributed by atoms with Gasteiger partial charge in [-0.25, -0.2) is 0 Å². The number of hydrogen-bond acceptors (Lipinski definition) is 5. The van der Waals surface area contributed by atoms with Crippen molar-refractivity contribution in [1.29, 1.82) is 0 Å². The van der Waals surface area contributed by atoms with Crippen LogP contribution in [0, 0.1) is 6.92 Å². The first-order valence-electron chi connectivity index (χ1n) is 7.80. The highest BCUT2D eigenvalue weighted by atomic mass is 16.5. The Bertz CT molecular complexity index is 1050. The zero-order chi connectivity index (χ0) is 17.7. The Morgan fingerprint density at radius 3 is 2.80 bits per heavy atom. The van der Waals surface area contributed by atoms with Crippen molar-refractivity contribution in [3.63, 3.8) is 0 Å². The van der Waals surface area contributed by atoms with Crippen LogP contribution in [0.5, 0.6) is 5.75 Å². The molecule has 1 aliphatic rings. The summed E-state index contributed by atoms with van der Waals surface area (Å²) in [4.78, 5) is 27.4. The van der Waals surface area contributed by atoms with Gasteiger partial charge < -0.3 is 9.84 Å². The molecule has 0 fully saturated rings. The molecule has 0 bridgehead atoms. The number of carboxylic acids is 1. The number of hydrogen-bond donors (Lipinski definition) is 1. The maximum atomic E-state index is 12.0. The van der Waals surface area contributed by atoms with E-state index in [2.05, 4.69) is 10.1 Å². The standard InChI is InChI=1S/C18H15N3O4/c1-9-3-16-14(6-19-9)12-5-13-15(4-11(12)8-25-16)21(7-17(23)24)20-18(13)10(2)22/h3-6H,7-8H2,1-2H3,(H,23,24). The van der Waals surface area contributed by atoms with Crippen molar-refractivity contribution in [3.05, 3.63) is 41.3 Å². The van der Waals surface area contributed by atoms with Crippen molar-refractivity contribution in [2.45, 2.75) is 27.0 Å². The number of aromatic nitrogens is 3. The quantitative estimate of drug-likeness (QED) is 0.738. The van der Waals surface area contributed by atoms with Crippen molar-refractivity contribution in [2.75, 3.05) is 0 Å². The Kier molecular flexibility index (Phi) is 3.31. The molecule has 126 valence electrons. The van der Waals surface area contributed by atoms with Crippen molar-refractivity contribution in [1.82, 2.24) is 14.8 Å². The van der Waals surface area contributed by atoms with Crippen LogP contribution in [-0.4, -0.2) is 31.6 Å². The van der Waals surface area contributed by atoms with E-state index in [1.54, 1.807) is 6.20 Å². The number of fused-ring (bicyclic) bond motifs is 4. The second kappa shape index (κ2) is 5.41. The summed E-state index contributed by atoms with van der Waals surface area (Å²) >= 11 is 0. The van der Waals surface area contributed by atoms with Gasteiger partial charge in [-0.1, -0.05) is 0 Å². The van der Waals surface area contributed by atoms with Crippen molar-refractivity contribution in [3.8, 4) is 16.9 Å². The summed E-state index contributed by atoms with van der Waals surface area (Å²) in [5, 5.41) is 13.9. The van der Waals surface area contributed by atoms with Crippen LogP contribution in [0.15, 0.2) is 24.4 Å². The van der Waals surface area contributed by atoms with Crippen LogP contribution in [0.4, 0.5) is 0 Å². The summed E-state index contributed by atoms with van der Waals surface area (Å²) in [7, 11) is 0. The van der Waals surface area contributed by atoms with Crippen LogP contribution < -0.4 is 4.74 Å². The summed E-state index contributed by atoms with van der Waals surface area (Å²) in [6.45, 7) is 3.39. The third kappa shape index (κ3) is 2.44. The van der Waals surface area contributed by atoms with E-state index in [0.717, 1.165) is 28.1 Å². The van der Waals surface area contributed by atoms with Gasteiger partial charge in [-0.2, -0.15) is 5.10 Å². The van der Waals surface area contributed by atoms with Gasteiger partial charge in [0.25, 0.3) is 0 Å². The number of ketones is 1. The lowest BCUT2D eigenvalue weighted by molar-refractivity contribution is -0.137. The van der Waals surface area contributed by atoms with Gasteiger partial charge in [0.1, 0.15) is 24.6 Å². The van der Waals surface area contributed by atoms with E-state index in [0.29, 0.717) is 17.5 Å². The van der Waals surface area contributed by atoms with Crippen LogP contribution in [0.25, 0.3) is 22.0 Å². The monoisotopic (exact) mass is 337 g/mol. The number of carbonyl (C=O) groups excluding carboxylic acids is 1.